The van der Waals surface area contributed by atoms with Gasteiger partial charge in [-0.15, -0.1) is 0 Å². The summed E-state index contributed by atoms with van der Waals surface area (Å²) in [4.78, 5) is 40.4. The number of phenolic OH excluding ortho intramolecular Hbond substituents is 1. The Balaban J connectivity index is 0.00000216. The highest BCUT2D eigenvalue weighted by atomic mass is 32.1. The Hall–Kier alpha value is -2.49. The van der Waals surface area contributed by atoms with Crippen molar-refractivity contribution in [3.63, 3.8) is 0 Å². The smallest absolute Gasteiger partial charge is 0.251 e. The first-order chi connectivity index (χ1) is 15.6. The van der Waals surface area contributed by atoms with E-state index >= 15 is 0 Å². The van der Waals surface area contributed by atoms with Gasteiger partial charge in [-0.1, -0.05) is 52.5 Å². The Bertz CT molecular complexity index is 1070. The molecule has 2 N–H and O–H groups in total. The molecular weight excluding hydrogens is 496 g/mol. The van der Waals surface area contributed by atoms with Crippen LogP contribution in [-0.2, 0) is 26.2 Å². The number of phenols is 1. The quantitative estimate of drug-likeness (QED) is 0.613. The van der Waals surface area contributed by atoms with Crippen LogP contribution in [0.2, 0.25) is 0 Å². The fraction of sp³-hybridized carbons (Fsp3) is 0.444. The second kappa shape index (κ2) is 12.7. The molecule has 2 aliphatic heterocycles. The van der Waals surface area contributed by atoms with E-state index in [4.69, 9.17) is 4.74 Å². The summed E-state index contributed by atoms with van der Waals surface area (Å²) in [7, 11) is 0. The van der Waals surface area contributed by atoms with Crippen LogP contribution in [0.25, 0.3) is 0 Å². The number of amides is 2. The lowest BCUT2D eigenvalue weighted by molar-refractivity contribution is -0.138. The molecule has 9 heteroatoms. The summed E-state index contributed by atoms with van der Waals surface area (Å²) < 4.78 is 5.51. The van der Waals surface area contributed by atoms with E-state index in [9.17, 15) is 19.5 Å². The van der Waals surface area contributed by atoms with Gasteiger partial charge in [-0.05, 0) is 47.2 Å². The molecule has 2 fully saturated rings. The number of carbonyl (C=O) groups excluding carboxylic acids is 3. The van der Waals surface area contributed by atoms with Gasteiger partial charge in [0.05, 0.1) is 6.10 Å². The number of fused-ring (bicyclic) bond motifs is 1. The van der Waals surface area contributed by atoms with Gasteiger partial charge in [0.15, 0.2) is 5.78 Å². The summed E-state index contributed by atoms with van der Waals surface area (Å²) in [5.41, 5.74) is 2.23. The van der Waals surface area contributed by atoms with Gasteiger partial charge < -0.3 is 20.1 Å². The van der Waals surface area contributed by atoms with Crippen molar-refractivity contribution in [3.8, 4) is 5.75 Å². The predicted octanol–water partition coefficient (Wildman–Crippen LogP) is 3.46. The number of likely N-dealkylation sites (tertiary alicyclic amines) is 1. The largest absolute Gasteiger partial charge is 0.508 e. The Labute approximate surface area is 227 Å². The van der Waals surface area contributed by atoms with Crippen molar-refractivity contribution < 1.29 is 24.2 Å². The van der Waals surface area contributed by atoms with Crippen LogP contribution in [0.3, 0.4) is 0 Å². The average Bonchev–Trinajstić information content (AvgIpc) is 3.35. The monoisotopic (exact) mass is 534 g/mol. The molecule has 2 aliphatic rings. The second-order valence-electron chi connectivity index (χ2n) is 9.81. The summed E-state index contributed by atoms with van der Waals surface area (Å²) in [5, 5.41) is 12.7. The van der Waals surface area contributed by atoms with Gasteiger partial charge >= 0.3 is 0 Å². The molecule has 0 saturated carbocycles. The van der Waals surface area contributed by atoms with Crippen LogP contribution in [0.15, 0.2) is 48.5 Å². The van der Waals surface area contributed by atoms with Gasteiger partial charge in [0.25, 0.3) is 5.91 Å². The van der Waals surface area contributed by atoms with Crippen molar-refractivity contribution in [1.82, 2.24) is 10.2 Å². The second-order valence-corrected chi connectivity index (χ2v) is 9.81. The number of benzene rings is 2. The molecule has 4 rings (SSSR count). The van der Waals surface area contributed by atoms with E-state index in [1.807, 2.05) is 12.1 Å². The molecule has 0 aromatic heterocycles. The third kappa shape index (κ3) is 6.83. The Morgan fingerprint density at radius 2 is 1.81 bits per heavy atom. The normalized spacial score (nSPS) is 19.3. The molecule has 0 aliphatic carbocycles. The van der Waals surface area contributed by atoms with E-state index in [-0.39, 0.29) is 82.3 Å². The van der Waals surface area contributed by atoms with Crippen LogP contribution >= 0.6 is 27.0 Å². The minimum Gasteiger partial charge on any atom is -0.508 e. The number of ketones is 1. The van der Waals surface area contributed by atoms with E-state index in [1.165, 1.54) is 4.90 Å². The molecule has 2 aromatic rings. The Morgan fingerprint density at radius 1 is 1.14 bits per heavy atom. The third-order valence-corrected chi connectivity index (χ3v) is 6.36. The van der Waals surface area contributed by atoms with Crippen molar-refractivity contribution in [2.24, 2.45) is 0 Å². The van der Waals surface area contributed by atoms with Crippen molar-refractivity contribution in [2.75, 3.05) is 13.2 Å². The van der Waals surface area contributed by atoms with Crippen molar-refractivity contribution in [1.29, 1.82) is 0 Å². The summed E-state index contributed by atoms with van der Waals surface area (Å²) in [6.07, 6.45) is 0.522. The van der Waals surface area contributed by atoms with Crippen molar-refractivity contribution in [2.45, 2.75) is 64.6 Å². The van der Waals surface area contributed by atoms with Crippen LogP contribution in [0.1, 0.15) is 56.1 Å². The van der Waals surface area contributed by atoms with Crippen LogP contribution < -0.4 is 5.32 Å². The first-order valence-electron chi connectivity index (χ1n) is 11.3. The summed E-state index contributed by atoms with van der Waals surface area (Å²) in [5.74, 6) is -0.697. The number of ether oxygens (including phenoxy) is 1. The summed E-state index contributed by atoms with van der Waals surface area (Å²) in [6.45, 7) is 6.73. The van der Waals surface area contributed by atoms with Crippen LogP contribution in [0.4, 0.5) is 0 Å². The highest BCUT2D eigenvalue weighted by molar-refractivity contribution is 7.59. The molecule has 0 unspecified atom stereocenters. The molecule has 7 nitrogen and oxygen atoms in total. The molecular formula is C27H38N2O5S2. The number of carbonyl (C=O) groups is 3. The van der Waals surface area contributed by atoms with Gasteiger partial charge in [0.1, 0.15) is 24.4 Å². The lowest BCUT2D eigenvalue weighted by Crippen LogP contribution is -2.53. The maximum Gasteiger partial charge on any atom is 0.251 e. The zero-order chi connectivity index (χ0) is 23.8. The average molecular weight is 535 g/mol. The van der Waals surface area contributed by atoms with Crippen LogP contribution in [0, 0.1) is 0 Å². The number of Topliss-reactive ketones (excluding diaryl/α,β-unsaturated/α-hetero) is 1. The minimum absolute atomic E-state index is 0. The highest BCUT2D eigenvalue weighted by Gasteiger charge is 2.48. The van der Waals surface area contributed by atoms with Crippen LogP contribution in [-0.4, -0.2) is 58.9 Å². The maximum absolute atomic E-state index is 13.5. The molecule has 2 amide bonds. The topological polar surface area (TPSA) is 95.9 Å². The van der Waals surface area contributed by atoms with Gasteiger partial charge in [0, 0.05) is 18.5 Å². The fourth-order valence-electron chi connectivity index (χ4n) is 4.52. The number of rotatable bonds is 5. The zero-order valence-corrected chi connectivity index (χ0v) is 22.2. The van der Waals surface area contributed by atoms with E-state index < -0.39 is 12.1 Å². The Kier molecular flexibility index (Phi) is 11.1. The molecule has 0 radical (unpaired) electrons. The van der Waals surface area contributed by atoms with E-state index in [2.05, 4.69) is 26.1 Å². The molecule has 36 heavy (non-hydrogen) atoms. The van der Waals surface area contributed by atoms with E-state index in [0.29, 0.717) is 24.1 Å². The van der Waals surface area contributed by atoms with Crippen LogP contribution in [0.5, 0.6) is 5.75 Å². The summed E-state index contributed by atoms with van der Waals surface area (Å²) >= 11 is 0. The molecule has 2 heterocycles. The number of hydrogen-bond donors (Lipinski definition) is 2. The van der Waals surface area contributed by atoms with Gasteiger partial charge in [-0.2, -0.15) is 27.0 Å². The molecule has 2 saturated heterocycles. The number of nitrogens with one attached hydrogen (secondary N) is 1. The molecule has 2 aromatic carbocycles. The van der Waals surface area contributed by atoms with Gasteiger partial charge in [0.2, 0.25) is 5.91 Å². The molecule has 0 spiro atoms. The number of nitrogens with zero attached hydrogens (tertiary/aromatic N) is 1. The minimum atomic E-state index is -0.881. The fourth-order valence-corrected chi connectivity index (χ4v) is 4.52. The maximum atomic E-state index is 13.5. The lowest BCUT2D eigenvalue weighted by atomic mass is 9.86. The molecule has 3 atom stereocenters. The Morgan fingerprint density at radius 3 is 2.42 bits per heavy atom. The lowest BCUT2D eigenvalue weighted by Gasteiger charge is -2.28. The predicted molar refractivity (Wildman–Crippen MR) is 151 cm³/mol. The van der Waals surface area contributed by atoms with Crippen molar-refractivity contribution >= 4 is 44.6 Å². The SMILES string of the molecule is C.CC(C)(C)c1ccc(C(=O)N[C@@H](Cc2cccc(O)c2)C(=O)N2CC[C@H]3OCC(=O)[C@H]32)cc1.S.S. The number of aromatic hydroxyl groups is 1. The molecule has 198 valence electrons. The first kappa shape index (κ1) is 31.5. The zero-order valence-electron chi connectivity index (χ0n) is 20.2. The van der Waals surface area contributed by atoms with Crippen molar-refractivity contribution in [3.05, 3.63) is 65.2 Å². The third-order valence-electron chi connectivity index (χ3n) is 6.36. The van der Waals surface area contributed by atoms with E-state index in [1.54, 1.807) is 36.4 Å². The van der Waals surface area contributed by atoms with Gasteiger partial charge in [-0.25, -0.2) is 0 Å². The highest BCUT2D eigenvalue weighted by Crippen LogP contribution is 2.28. The first-order valence-corrected chi connectivity index (χ1v) is 11.3. The molecule has 0 bridgehead atoms. The standard InChI is InChI=1S/C26H30N2O5.CH4.2H2S/c1-26(2,3)18-9-7-17(8-10-18)24(31)27-20(14-16-5-4-6-19(29)13-16)25(32)28-12-11-22-23(28)21(30)15-33-22;;;/h4-10,13,20,22-23,29H,11-12,14-15H2,1-3H3,(H,27,31);1H4;2*1H2/t20-,22+,23+;;;/m0.../s1. The van der Waals surface area contributed by atoms with E-state index in [0.717, 1.165) is 5.56 Å². The summed E-state index contributed by atoms with van der Waals surface area (Å²) in [6, 6.07) is 12.5. The van der Waals surface area contributed by atoms with Gasteiger partial charge in [-0.3, -0.25) is 14.4 Å². The number of hydrogen-bond acceptors (Lipinski definition) is 5.